The van der Waals surface area contributed by atoms with Gasteiger partial charge in [0.25, 0.3) is 0 Å². The molecule has 2 N–H and O–H groups in total. The van der Waals surface area contributed by atoms with Crippen LogP contribution in [0.3, 0.4) is 0 Å². The Kier molecular flexibility index (Phi) is 1.96. The molecule has 3 rings (SSSR count). The summed E-state index contributed by atoms with van der Waals surface area (Å²) < 4.78 is 5.61. The highest BCUT2D eigenvalue weighted by Crippen LogP contribution is 2.40. The van der Waals surface area contributed by atoms with Crippen molar-refractivity contribution in [2.75, 3.05) is 5.73 Å². The van der Waals surface area contributed by atoms with Crippen LogP contribution >= 0.6 is 0 Å². The van der Waals surface area contributed by atoms with Crippen molar-refractivity contribution in [1.29, 1.82) is 0 Å². The highest BCUT2D eigenvalue weighted by molar-refractivity contribution is 5.62. The Bertz CT molecular complexity index is 529. The van der Waals surface area contributed by atoms with E-state index >= 15 is 0 Å². The van der Waals surface area contributed by atoms with Gasteiger partial charge in [-0.05, 0) is 37.5 Å². The van der Waals surface area contributed by atoms with Gasteiger partial charge in [0.05, 0.1) is 0 Å². The summed E-state index contributed by atoms with van der Waals surface area (Å²) in [6.45, 7) is 1.97. The maximum atomic E-state index is 5.85. The zero-order valence-electron chi connectivity index (χ0n) is 9.10. The molecule has 2 aromatic rings. The minimum Gasteiger partial charge on any atom is -0.420 e. The monoisotopic (exact) mass is 215 g/mol. The van der Waals surface area contributed by atoms with Gasteiger partial charge in [-0.3, -0.25) is 0 Å². The fraction of sp³-hybridized carbons (Fsp3) is 0.333. The average Bonchev–Trinajstić information content (AvgIpc) is 3.01. The minimum absolute atomic E-state index is 0.490. The quantitative estimate of drug-likeness (QED) is 0.782. The minimum atomic E-state index is 0.490. The summed E-state index contributed by atoms with van der Waals surface area (Å²) in [6.07, 6.45) is 2.33. The van der Waals surface area contributed by atoms with Crippen molar-refractivity contribution in [3.05, 3.63) is 29.7 Å². The normalized spacial score (nSPS) is 15.3. The first-order valence-corrected chi connectivity index (χ1v) is 5.44. The van der Waals surface area contributed by atoms with E-state index in [0.717, 1.165) is 35.5 Å². The molecule has 0 aliphatic heterocycles. The van der Waals surface area contributed by atoms with Crippen molar-refractivity contribution >= 4 is 5.69 Å². The predicted molar refractivity (Wildman–Crippen MR) is 60.9 cm³/mol. The molecular weight excluding hydrogens is 202 g/mol. The van der Waals surface area contributed by atoms with Crippen molar-refractivity contribution in [1.82, 2.24) is 10.2 Å². The number of nitrogens with zero attached hydrogens (tertiary/aromatic N) is 2. The van der Waals surface area contributed by atoms with Crippen molar-refractivity contribution in [2.45, 2.75) is 25.7 Å². The Morgan fingerprint density at radius 3 is 2.81 bits per heavy atom. The van der Waals surface area contributed by atoms with Crippen LogP contribution in [0.1, 0.15) is 30.2 Å². The van der Waals surface area contributed by atoms with E-state index in [1.54, 1.807) is 0 Å². The third-order valence-electron chi connectivity index (χ3n) is 2.89. The third kappa shape index (κ3) is 1.56. The molecule has 4 nitrogen and oxygen atoms in total. The second-order valence-electron chi connectivity index (χ2n) is 4.29. The molecule has 82 valence electrons. The molecule has 4 heteroatoms. The first-order valence-electron chi connectivity index (χ1n) is 5.44. The van der Waals surface area contributed by atoms with Crippen LogP contribution in [0.2, 0.25) is 0 Å². The zero-order chi connectivity index (χ0) is 11.1. The van der Waals surface area contributed by atoms with E-state index in [0.29, 0.717) is 11.8 Å². The highest BCUT2D eigenvalue weighted by atomic mass is 16.4. The smallest absolute Gasteiger partial charge is 0.247 e. The van der Waals surface area contributed by atoms with Crippen molar-refractivity contribution in [3.63, 3.8) is 0 Å². The lowest BCUT2D eigenvalue weighted by molar-refractivity contribution is 0.508. The van der Waals surface area contributed by atoms with Gasteiger partial charge in [-0.2, -0.15) is 0 Å². The molecule has 1 aliphatic rings. The van der Waals surface area contributed by atoms with Crippen LogP contribution in [-0.2, 0) is 0 Å². The van der Waals surface area contributed by atoms with E-state index < -0.39 is 0 Å². The first kappa shape index (κ1) is 9.39. The molecule has 1 saturated carbocycles. The summed E-state index contributed by atoms with van der Waals surface area (Å²) in [4.78, 5) is 0. The van der Waals surface area contributed by atoms with Gasteiger partial charge in [0, 0.05) is 17.2 Å². The maximum absolute atomic E-state index is 5.85. The van der Waals surface area contributed by atoms with E-state index in [1.807, 2.05) is 25.1 Å². The molecule has 0 atom stereocenters. The van der Waals surface area contributed by atoms with Gasteiger partial charge in [0.1, 0.15) is 0 Å². The number of hydrogen-bond acceptors (Lipinski definition) is 4. The number of anilines is 1. The first-order chi connectivity index (χ1) is 7.74. The van der Waals surface area contributed by atoms with Gasteiger partial charge in [0.2, 0.25) is 11.8 Å². The van der Waals surface area contributed by atoms with Gasteiger partial charge in [-0.1, -0.05) is 6.07 Å². The predicted octanol–water partition coefficient (Wildman–Crippen LogP) is 2.50. The van der Waals surface area contributed by atoms with E-state index in [9.17, 15) is 0 Å². The molecule has 1 aromatic carbocycles. The lowest BCUT2D eigenvalue weighted by Gasteiger charge is -2.00. The van der Waals surface area contributed by atoms with Gasteiger partial charge >= 0.3 is 0 Å². The van der Waals surface area contributed by atoms with Gasteiger partial charge in [0.15, 0.2) is 0 Å². The summed E-state index contributed by atoms with van der Waals surface area (Å²) in [6, 6.07) is 5.79. The zero-order valence-corrected chi connectivity index (χ0v) is 9.10. The van der Waals surface area contributed by atoms with E-state index in [1.165, 1.54) is 0 Å². The largest absolute Gasteiger partial charge is 0.420 e. The maximum Gasteiger partial charge on any atom is 0.247 e. The van der Waals surface area contributed by atoms with E-state index in [-0.39, 0.29) is 0 Å². The number of nitrogens with two attached hydrogens (primary N) is 1. The lowest BCUT2D eigenvalue weighted by Crippen LogP contribution is -1.89. The summed E-state index contributed by atoms with van der Waals surface area (Å²) >= 11 is 0. The molecule has 0 radical (unpaired) electrons. The van der Waals surface area contributed by atoms with Crippen molar-refractivity contribution in [2.24, 2.45) is 0 Å². The number of nitrogen functional groups attached to an aromatic ring is 1. The van der Waals surface area contributed by atoms with Crippen LogP contribution in [0.25, 0.3) is 11.5 Å². The number of hydrogen-bond donors (Lipinski definition) is 1. The summed E-state index contributed by atoms with van der Waals surface area (Å²) in [5.74, 6) is 1.81. The third-order valence-corrected chi connectivity index (χ3v) is 2.89. The van der Waals surface area contributed by atoms with Crippen LogP contribution < -0.4 is 5.73 Å². The van der Waals surface area contributed by atoms with Gasteiger partial charge < -0.3 is 10.2 Å². The topological polar surface area (TPSA) is 64.9 Å². The average molecular weight is 215 g/mol. The Morgan fingerprint density at radius 1 is 1.31 bits per heavy atom. The molecule has 0 spiro atoms. The Morgan fingerprint density at radius 2 is 2.12 bits per heavy atom. The van der Waals surface area contributed by atoms with Gasteiger partial charge in [-0.15, -0.1) is 10.2 Å². The van der Waals surface area contributed by atoms with Crippen LogP contribution in [0, 0.1) is 6.92 Å². The number of benzene rings is 1. The summed E-state index contributed by atoms with van der Waals surface area (Å²) in [5, 5.41) is 8.10. The highest BCUT2D eigenvalue weighted by Gasteiger charge is 2.29. The lowest BCUT2D eigenvalue weighted by atomic mass is 10.1. The van der Waals surface area contributed by atoms with E-state index in [4.69, 9.17) is 10.2 Å². The number of aryl methyl sites for hydroxylation is 1. The molecule has 0 unspecified atom stereocenters. The number of aromatic nitrogens is 2. The molecule has 1 fully saturated rings. The molecule has 1 heterocycles. The van der Waals surface area contributed by atoms with Crippen LogP contribution in [0.5, 0.6) is 0 Å². The summed E-state index contributed by atoms with van der Waals surface area (Å²) in [5.41, 5.74) is 8.55. The van der Waals surface area contributed by atoms with Crippen LogP contribution in [-0.4, -0.2) is 10.2 Å². The molecular formula is C12H13N3O. The standard InChI is InChI=1S/C12H13N3O/c1-7-2-3-9(6-10(7)13)12-15-14-11(16-12)8-4-5-8/h2-3,6,8H,4-5,13H2,1H3. The second-order valence-corrected chi connectivity index (χ2v) is 4.29. The molecule has 1 aliphatic carbocycles. The molecule has 0 amide bonds. The Balaban J connectivity index is 1.97. The molecule has 0 saturated heterocycles. The second kappa shape index (κ2) is 3.33. The van der Waals surface area contributed by atoms with Crippen molar-refractivity contribution in [3.8, 4) is 11.5 Å². The van der Waals surface area contributed by atoms with Gasteiger partial charge in [-0.25, -0.2) is 0 Å². The molecule has 0 bridgehead atoms. The Labute approximate surface area is 93.5 Å². The number of rotatable bonds is 2. The van der Waals surface area contributed by atoms with Crippen molar-refractivity contribution < 1.29 is 4.42 Å². The SMILES string of the molecule is Cc1ccc(-c2nnc(C3CC3)o2)cc1N. The fourth-order valence-electron chi connectivity index (χ4n) is 1.62. The summed E-state index contributed by atoms with van der Waals surface area (Å²) in [7, 11) is 0. The van der Waals surface area contributed by atoms with E-state index in [2.05, 4.69) is 10.2 Å². The van der Waals surface area contributed by atoms with Crippen LogP contribution in [0.4, 0.5) is 5.69 Å². The Hall–Kier alpha value is -1.84. The molecule has 16 heavy (non-hydrogen) atoms. The fourth-order valence-corrected chi connectivity index (χ4v) is 1.62. The molecule has 1 aromatic heterocycles. The van der Waals surface area contributed by atoms with Crippen LogP contribution in [0.15, 0.2) is 22.6 Å².